The summed E-state index contributed by atoms with van der Waals surface area (Å²) in [6, 6.07) is 5.95. The Labute approximate surface area is 180 Å². The number of rotatable bonds is 6. The van der Waals surface area contributed by atoms with Gasteiger partial charge >= 0.3 is 20.8 Å². The van der Waals surface area contributed by atoms with Gasteiger partial charge in [0.2, 0.25) is 5.91 Å². The summed E-state index contributed by atoms with van der Waals surface area (Å²) < 4.78 is 31.3. The number of hydrogen-bond donors (Lipinski definition) is 2. The van der Waals surface area contributed by atoms with Gasteiger partial charge in [-0.3, -0.25) is 4.79 Å². The van der Waals surface area contributed by atoms with Gasteiger partial charge in [-0.15, -0.1) is 0 Å². The number of carbonyl (C=O) groups is 3. The van der Waals surface area contributed by atoms with E-state index in [9.17, 15) is 24.1 Å². The summed E-state index contributed by atoms with van der Waals surface area (Å²) in [6.07, 6.45) is -2.15. The molecule has 1 amide bonds. The first kappa shape index (κ1) is 24.0. The summed E-state index contributed by atoms with van der Waals surface area (Å²) in [5.74, 6) is -1.19. The molecule has 0 spiro atoms. The molecular formula is C20H23NO9P+. The van der Waals surface area contributed by atoms with E-state index in [1.165, 1.54) is 31.2 Å². The zero-order valence-corrected chi connectivity index (χ0v) is 18.6. The molecule has 2 rings (SSSR count). The zero-order chi connectivity index (χ0) is 23.3. The predicted octanol–water partition coefficient (Wildman–Crippen LogP) is 3.87. The summed E-state index contributed by atoms with van der Waals surface area (Å²) in [5, 5.41) is 11.7. The Morgan fingerprint density at radius 2 is 1.42 bits per heavy atom. The summed E-state index contributed by atoms with van der Waals surface area (Å²) in [4.78, 5) is 35.4. The van der Waals surface area contributed by atoms with Crippen LogP contribution in [0.15, 0.2) is 24.3 Å². The lowest BCUT2D eigenvalue weighted by Crippen LogP contribution is -2.24. The summed E-state index contributed by atoms with van der Waals surface area (Å²) in [7, 11) is 1.15. The summed E-state index contributed by atoms with van der Waals surface area (Å²) in [5.41, 5.74) is 0.733. The molecule has 2 atom stereocenters. The van der Waals surface area contributed by atoms with Crippen LogP contribution in [-0.4, -0.2) is 37.5 Å². The molecule has 0 heterocycles. The number of nitrogens with one attached hydrogen (secondary N) is 1. The SMILES string of the molecule is COC(=O)Oc1c2ccc(C(O)([PH+]=O)C(C)C)ccc-2c(OC(=O)OC)c1NC(C)=O. The van der Waals surface area contributed by atoms with E-state index in [1.54, 1.807) is 13.8 Å². The van der Waals surface area contributed by atoms with Crippen molar-refractivity contribution < 1.29 is 43.0 Å². The van der Waals surface area contributed by atoms with Gasteiger partial charge in [0, 0.05) is 29.5 Å². The number of fused-ring (bicyclic) bond motifs is 1. The van der Waals surface area contributed by atoms with Crippen molar-refractivity contribution in [2.75, 3.05) is 19.5 Å². The second-order valence-corrected chi connectivity index (χ2v) is 7.77. The number of ether oxygens (including phenoxy) is 4. The maximum absolute atomic E-state index is 11.8. The molecule has 2 aliphatic carbocycles. The van der Waals surface area contributed by atoms with Gasteiger partial charge in [0.1, 0.15) is 5.69 Å². The molecule has 0 aromatic heterocycles. The minimum Gasteiger partial charge on any atom is -0.437 e. The van der Waals surface area contributed by atoms with Crippen LogP contribution in [0.2, 0.25) is 0 Å². The van der Waals surface area contributed by atoms with Crippen molar-refractivity contribution in [3.63, 3.8) is 0 Å². The van der Waals surface area contributed by atoms with Crippen molar-refractivity contribution >= 4 is 32.4 Å². The molecule has 0 aromatic carbocycles. The van der Waals surface area contributed by atoms with E-state index in [0.717, 1.165) is 14.2 Å². The fourth-order valence-electron chi connectivity index (χ4n) is 2.87. The van der Waals surface area contributed by atoms with Gasteiger partial charge in [-0.05, 0) is 12.1 Å². The van der Waals surface area contributed by atoms with Gasteiger partial charge in [-0.25, -0.2) is 9.59 Å². The van der Waals surface area contributed by atoms with E-state index in [0.29, 0.717) is 5.56 Å². The van der Waals surface area contributed by atoms with Crippen LogP contribution in [0.4, 0.5) is 15.3 Å². The maximum atomic E-state index is 11.8. The standard InChI is InChI=1S/C20H22NO9P/c1-10(2)20(25,31-26)12-6-8-13-14(9-7-12)17(30-19(24)28-5)15(21-11(3)22)16(13)29-18(23)27-4/h6-10,25H,1-5H3,(H,21,22)/p+1. The highest BCUT2D eigenvalue weighted by Crippen LogP contribution is 2.52. The lowest BCUT2D eigenvalue weighted by atomic mass is 9.99. The number of anilines is 1. The minimum absolute atomic E-state index is 0.0872. The largest absolute Gasteiger partial charge is 0.513 e. The lowest BCUT2D eigenvalue weighted by Gasteiger charge is -2.17. The van der Waals surface area contributed by atoms with Crippen LogP contribution in [-0.2, 0) is 24.2 Å². The van der Waals surface area contributed by atoms with E-state index in [2.05, 4.69) is 14.8 Å². The van der Waals surface area contributed by atoms with E-state index in [-0.39, 0.29) is 34.2 Å². The molecule has 10 nitrogen and oxygen atoms in total. The Morgan fingerprint density at radius 3 is 1.74 bits per heavy atom. The molecule has 0 saturated heterocycles. The fourth-order valence-corrected chi connectivity index (χ4v) is 3.39. The number of hydrogen-bond acceptors (Lipinski definition) is 9. The highest BCUT2D eigenvalue weighted by atomic mass is 31.1. The lowest BCUT2D eigenvalue weighted by molar-refractivity contribution is -0.114. The Bertz CT molecular complexity index is 935. The molecule has 2 N–H and O–H groups in total. The van der Waals surface area contributed by atoms with Gasteiger partial charge in [0.05, 0.1) is 14.2 Å². The fraction of sp³-hybridized carbons (Fsp3) is 0.350. The van der Waals surface area contributed by atoms with Gasteiger partial charge in [0.25, 0.3) is 5.34 Å². The van der Waals surface area contributed by atoms with Crippen molar-refractivity contribution in [1.82, 2.24) is 0 Å². The molecule has 0 radical (unpaired) electrons. The quantitative estimate of drug-likeness (QED) is 0.494. The zero-order valence-electron chi connectivity index (χ0n) is 17.6. The van der Waals surface area contributed by atoms with Crippen LogP contribution < -0.4 is 14.8 Å². The second-order valence-electron chi connectivity index (χ2n) is 6.80. The van der Waals surface area contributed by atoms with Gasteiger partial charge < -0.3 is 29.4 Å². The van der Waals surface area contributed by atoms with Gasteiger partial charge in [-0.1, -0.05) is 30.5 Å². The molecule has 2 unspecified atom stereocenters. The van der Waals surface area contributed by atoms with Crippen LogP contribution in [0.1, 0.15) is 26.3 Å². The smallest absolute Gasteiger partial charge is 0.437 e. The van der Waals surface area contributed by atoms with Crippen LogP contribution >= 0.6 is 8.46 Å². The molecule has 166 valence electrons. The molecule has 0 aliphatic heterocycles. The van der Waals surface area contributed by atoms with Crippen molar-refractivity contribution in [3.05, 3.63) is 29.8 Å². The molecule has 0 saturated carbocycles. The molecule has 0 bridgehead atoms. The summed E-state index contributed by atoms with van der Waals surface area (Å²) in [6.45, 7) is 4.64. The normalized spacial score (nSPS) is 12.9. The van der Waals surface area contributed by atoms with Crippen molar-refractivity contribution in [3.8, 4) is 22.6 Å². The van der Waals surface area contributed by atoms with Crippen molar-refractivity contribution in [1.29, 1.82) is 0 Å². The van der Waals surface area contributed by atoms with E-state index in [4.69, 9.17) is 9.47 Å². The monoisotopic (exact) mass is 452 g/mol. The first-order chi connectivity index (χ1) is 14.6. The molecule has 0 aromatic rings. The van der Waals surface area contributed by atoms with Gasteiger partial charge in [-0.2, -0.15) is 0 Å². The first-order valence-electron chi connectivity index (χ1n) is 9.10. The van der Waals surface area contributed by atoms with E-state index >= 15 is 0 Å². The molecule has 11 heteroatoms. The molecular weight excluding hydrogens is 429 g/mol. The number of methoxy groups -OCH3 is 2. The highest BCUT2D eigenvalue weighted by molar-refractivity contribution is 7.25. The average Bonchev–Trinajstić information content (AvgIpc) is 2.88. The Morgan fingerprint density at radius 1 is 0.968 bits per heavy atom. The minimum atomic E-state index is -1.64. The molecule has 31 heavy (non-hydrogen) atoms. The Kier molecular flexibility index (Phi) is 7.54. The molecule has 0 fully saturated rings. The predicted molar refractivity (Wildman–Crippen MR) is 111 cm³/mol. The van der Waals surface area contributed by atoms with Crippen LogP contribution in [0.5, 0.6) is 11.5 Å². The van der Waals surface area contributed by atoms with Crippen LogP contribution in [0.3, 0.4) is 0 Å². The molecule has 2 aliphatic rings. The van der Waals surface area contributed by atoms with Crippen molar-refractivity contribution in [2.24, 2.45) is 5.92 Å². The average molecular weight is 452 g/mol. The van der Waals surface area contributed by atoms with E-state index < -0.39 is 32.0 Å². The Hall–Kier alpha value is -3.23. The summed E-state index contributed by atoms with van der Waals surface area (Å²) >= 11 is 0. The topological polar surface area (TPSA) is 137 Å². The first-order valence-corrected chi connectivity index (χ1v) is 10.0. The van der Waals surface area contributed by atoms with Crippen molar-refractivity contribution in [2.45, 2.75) is 26.1 Å². The third kappa shape index (κ3) is 4.92. The number of amides is 1. The third-order valence-corrected chi connectivity index (χ3v) is 5.71. The highest BCUT2D eigenvalue weighted by Gasteiger charge is 2.42. The van der Waals surface area contributed by atoms with E-state index in [1.807, 2.05) is 0 Å². The van der Waals surface area contributed by atoms with Gasteiger partial charge in [0.15, 0.2) is 11.5 Å². The maximum Gasteiger partial charge on any atom is 0.513 e. The van der Waals surface area contributed by atoms with Crippen LogP contribution in [0.25, 0.3) is 11.1 Å². The second kappa shape index (κ2) is 9.72. The number of aliphatic hydroxyl groups is 1. The number of carbonyl (C=O) groups excluding carboxylic acids is 3. The van der Waals surface area contributed by atoms with Crippen LogP contribution in [0, 0.1) is 5.92 Å². The Balaban J connectivity index is 2.85. The third-order valence-electron chi connectivity index (χ3n) is 4.53.